The number of likely N-dealkylation sites (N-methyl/N-ethyl adjacent to an activating group) is 1. The van der Waals surface area contributed by atoms with Gasteiger partial charge in [0, 0.05) is 19.1 Å². The molecule has 0 amide bonds. The lowest BCUT2D eigenvalue weighted by molar-refractivity contribution is 0.0141. The molecule has 0 radical (unpaired) electrons. The largest absolute Gasteiger partial charge is 0.303 e. The Labute approximate surface area is 56.4 Å². The molecule has 2 fully saturated rings. The van der Waals surface area contributed by atoms with Crippen molar-refractivity contribution in [2.45, 2.75) is 12.5 Å². The monoisotopic (exact) mass is 126 g/mol. The molecule has 0 bridgehead atoms. The van der Waals surface area contributed by atoms with E-state index in [1.165, 1.54) is 32.6 Å². The van der Waals surface area contributed by atoms with Gasteiger partial charge in [-0.25, -0.2) is 0 Å². The molecule has 52 valence electrons. The lowest BCUT2D eigenvalue weighted by Gasteiger charge is -2.47. The highest BCUT2D eigenvalue weighted by Crippen LogP contribution is 2.18. The summed E-state index contributed by atoms with van der Waals surface area (Å²) in [6, 6.07) is 0.920. The SMILES string of the molecule is CN1CC(N2CCC2)C1. The molecule has 2 aliphatic heterocycles. The zero-order chi connectivity index (χ0) is 6.27. The van der Waals surface area contributed by atoms with E-state index in [0.29, 0.717) is 0 Å². The van der Waals surface area contributed by atoms with Crippen LogP contribution in [0.2, 0.25) is 0 Å². The maximum Gasteiger partial charge on any atom is 0.0350 e. The molecule has 2 heteroatoms. The normalized spacial score (nSPS) is 31.7. The van der Waals surface area contributed by atoms with E-state index >= 15 is 0 Å². The van der Waals surface area contributed by atoms with E-state index in [9.17, 15) is 0 Å². The summed E-state index contributed by atoms with van der Waals surface area (Å²) in [6.45, 7) is 5.33. The molecule has 0 atom stereocenters. The molecule has 0 N–H and O–H groups in total. The van der Waals surface area contributed by atoms with E-state index in [1.807, 2.05) is 0 Å². The quantitative estimate of drug-likeness (QED) is 0.488. The van der Waals surface area contributed by atoms with E-state index in [2.05, 4.69) is 16.8 Å². The molecule has 2 heterocycles. The van der Waals surface area contributed by atoms with Gasteiger partial charge in [0.15, 0.2) is 0 Å². The van der Waals surface area contributed by atoms with Gasteiger partial charge in [-0.15, -0.1) is 0 Å². The third-order valence-corrected chi connectivity index (χ3v) is 2.45. The fourth-order valence-electron chi connectivity index (χ4n) is 1.60. The predicted molar refractivity (Wildman–Crippen MR) is 37.5 cm³/mol. The van der Waals surface area contributed by atoms with Gasteiger partial charge in [0.2, 0.25) is 0 Å². The molecule has 2 rings (SSSR count). The zero-order valence-electron chi connectivity index (χ0n) is 6.01. The topological polar surface area (TPSA) is 6.48 Å². The van der Waals surface area contributed by atoms with Gasteiger partial charge in [-0.05, 0) is 26.6 Å². The molecule has 0 aliphatic carbocycles. The minimum absolute atomic E-state index is 0.920. The Balaban J connectivity index is 1.75. The van der Waals surface area contributed by atoms with E-state index in [0.717, 1.165) is 6.04 Å². The maximum atomic E-state index is 2.58. The fourth-order valence-corrected chi connectivity index (χ4v) is 1.60. The van der Waals surface area contributed by atoms with Crippen molar-refractivity contribution in [1.29, 1.82) is 0 Å². The zero-order valence-corrected chi connectivity index (χ0v) is 6.01. The highest BCUT2D eigenvalue weighted by atomic mass is 15.3. The second-order valence-corrected chi connectivity index (χ2v) is 3.26. The standard InChI is InChI=1S/C7H14N2/c1-8-5-7(6-8)9-3-2-4-9/h7H,2-6H2,1H3. The van der Waals surface area contributed by atoms with Crippen molar-refractivity contribution in [2.24, 2.45) is 0 Å². The van der Waals surface area contributed by atoms with Crippen LogP contribution in [0.1, 0.15) is 6.42 Å². The first-order valence-corrected chi connectivity index (χ1v) is 3.79. The minimum atomic E-state index is 0.920. The third kappa shape index (κ3) is 0.864. The van der Waals surface area contributed by atoms with Crippen LogP contribution in [0.5, 0.6) is 0 Å². The third-order valence-electron chi connectivity index (χ3n) is 2.45. The first-order chi connectivity index (χ1) is 4.36. The van der Waals surface area contributed by atoms with Gasteiger partial charge in [0.25, 0.3) is 0 Å². The van der Waals surface area contributed by atoms with Crippen LogP contribution in [0.25, 0.3) is 0 Å². The van der Waals surface area contributed by atoms with Crippen LogP contribution < -0.4 is 0 Å². The van der Waals surface area contributed by atoms with Crippen LogP contribution in [0.15, 0.2) is 0 Å². The van der Waals surface area contributed by atoms with Crippen molar-refractivity contribution in [1.82, 2.24) is 9.80 Å². The summed E-state index contributed by atoms with van der Waals surface area (Å²) in [5.74, 6) is 0. The van der Waals surface area contributed by atoms with Crippen LogP contribution in [-0.2, 0) is 0 Å². The molecular formula is C7H14N2. The van der Waals surface area contributed by atoms with Gasteiger partial charge >= 0.3 is 0 Å². The predicted octanol–water partition coefficient (Wildman–Crippen LogP) is 0.00610. The maximum absolute atomic E-state index is 2.58. The molecule has 2 aliphatic rings. The average Bonchev–Trinajstić information content (AvgIpc) is 1.57. The summed E-state index contributed by atoms with van der Waals surface area (Å²) < 4.78 is 0. The van der Waals surface area contributed by atoms with Gasteiger partial charge in [-0.3, -0.25) is 4.90 Å². The number of likely N-dealkylation sites (tertiary alicyclic amines) is 2. The Morgan fingerprint density at radius 2 is 1.89 bits per heavy atom. The van der Waals surface area contributed by atoms with E-state index in [4.69, 9.17) is 0 Å². The number of nitrogens with zero attached hydrogens (tertiary/aromatic N) is 2. The summed E-state index contributed by atoms with van der Waals surface area (Å²) in [7, 11) is 2.19. The highest BCUT2D eigenvalue weighted by molar-refractivity contribution is 4.89. The first-order valence-electron chi connectivity index (χ1n) is 3.79. The van der Waals surface area contributed by atoms with Gasteiger partial charge in [-0.2, -0.15) is 0 Å². The molecule has 2 nitrogen and oxygen atoms in total. The Kier molecular flexibility index (Phi) is 1.24. The molecule has 0 aromatic heterocycles. The second kappa shape index (κ2) is 1.96. The van der Waals surface area contributed by atoms with E-state index < -0.39 is 0 Å². The number of rotatable bonds is 1. The van der Waals surface area contributed by atoms with Gasteiger partial charge in [-0.1, -0.05) is 0 Å². The summed E-state index contributed by atoms with van der Waals surface area (Å²) in [4.78, 5) is 4.96. The molecule has 0 aromatic carbocycles. The van der Waals surface area contributed by atoms with E-state index in [-0.39, 0.29) is 0 Å². The Bertz CT molecular complexity index is 103. The average molecular weight is 126 g/mol. The minimum Gasteiger partial charge on any atom is -0.303 e. The lowest BCUT2D eigenvalue weighted by atomic mass is 10.0. The Morgan fingerprint density at radius 3 is 2.22 bits per heavy atom. The molecule has 0 spiro atoms. The molecule has 0 unspecified atom stereocenters. The van der Waals surface area contributed by atoms with Crippen molar-refractivity contribution in [3.8, 4) is 0 Å². The van der Waals surface area contributed by atoms with Gasteiger partial charge in [0.05, 0.1) is 0 Å². The van der Waals surface area contributed by atoms with Crippen LogP contribution >= 0.6 is 0 Å². The van der Waals surface area contributed by atoms with Crippen LogP contribution in [0.3, 0.4) is 0 Å². The van der Waals surface area contributed by atoms with Crippen LogP contribution in [0, 0.1) is 0 Å². The second-order valence-electron chi connectivity index (χ2n) is 3.26. The van der Waals surface area contributed by atoms with Gasteiger partial charge in [0.1, 0.15) is 0 Å². The molecule has 2 saturated heterocycles. The molecular weight excluding hydrogens is 112 g/mol. The van der Waals surface area contributed by atoms with Crippen LogP contribution in [-0.4, -0.2) is 49.1 Å². The van der Waals surface area contributed by atoms with Crippen molar-refractivity contribution < 1.29 is 0 Å². The summed E-state index contributed by atoms with van der Waals surface area (Å²) in [5, 5.41) is 0. The summed E-state index contributed by atoms with van der Waals surface area (Å²) in [6.07, 6.45) is 1.43. The number of hydrogen-bond acceptors (Lipinski definition) is 2. The van der Waals surface area contributed by atoms with Gasteiger partial charge < -0.3 is 4.90 Å². The van der Waals surface area contributed by atoms with E-state index in [1.54, 1.807) is 0 Å². The van der Waals surface area contributed by atoms with Crippen molar-refractivity contribution in [3.63, 3.8) is 0 Å². The fraction of sp³-hybridized carbons (Fsp3) is 1.00. The van der Waals surface area contributed by atoms with Crippen LogP contribution in [0.4, 0.5) is 0 Å². The highest BCUT2D eigenvalue weighted by Gasteiger charge is 2.31. The Hall–Kier alpha value is -0.0800. The lowest BCUT2D eigenvalue weighted by Crippen LogP contribution is -2.61. The summed E-state index contributed by atoms with van der Waals surface area (Å²) in [5.41, 5.74) is 0. The van der Waals surface area contributed by atoms with Crippen molar-refractivity contribution in [3.05, 3.63) is 0 Å². The molecule has 0 aromatic rings. The Morgan fingerprint density at radius 1 is 1.22 bits per heavy atom. The van der Waals surface area contributed by atoms with Crippen molar-refractivity contribution >= 4 is 0 Å². The molecule has 9 heavy (non-hydrogen) atoms. The molecule has 0 saturated carbocycles. The number of hydrogen-bond donors (Lipinski definition) is 0. The summed E-state index contributed by atoms with van der Waals surface area (Å²) >= 11 is 0. The smallest absolute Gasteiger partial charge is 0.0350 e. The first kappa shape index (κ1) is 5.69. The van der Waals surface area contributed by atoms with Crippen molar-refractivity contribution in [2.75, 3.05) is 33.2 Å².